The van der Waals surface area contributed by atoms with Crippen LogP contribution in [0.4, 0.5) is 24.8 Å². The average Bonchev–Trinajstić information content (AvgIpc) is 3.68. The molecule has 1 aliphatic carbocycles. The minimum absolute atomic E-state index is 0.00435. The van der Waals surface area contributed by atoms with Crippen LogP contribution in [0.15, 0.2) is 72.0 Å². The summed E-state index contributed by atoms with van der Waals surface area (Å²) in [7, 11) is -4.81. The van der Waals surface area contributed by atoms with Crippen LogP contribution >= 0.6 is 11.3 Å². The highest BCUT2D eigenvalue weighted by molar-refractivity contribution is 7.92. The maximum Gasteiger partial charge on any atom is 0.267 e. The quantitative estimate of drug-likeness (QED) is 0.242. The molecule has 6 rings (SSSR count). The summed E-state index contributed by atoms with van der Waals surface area (Å²) in [4.78, 5) is 16.5. The van der Waals surface area contributed by atoms with Crippen LogP contribution in [0.3, 0.4) is 0 Å². The Hall–Kier alpha value is -4.36. The fourth-order valence-corrected chi connectivity index (χ4v) is 6.47. The second kappa shape index (κ2) is 9.99. The van der Waals surface area contributed by atoms with Crippen molar-refractivity contribution in [3.05, 3.63) is 90.1 Å². The van der Waals surface area contributed by atoms with Gasteiger partial charge >= 0.3 is 0 Å². The van der Waals surface area contributed by atoms with Crippen LogP contribution in [0.2, 0.25) is 0 Å². The van der Waals surface area contributed by atoms with E-state index in [1.807, 2.05) is 17.0 Å². The number of sulfonamides is 1. The molecule has 8 nitrogen and oxygen atoms in total. The average molecular weight is 581 g/mol. The smallest absolute Gasteiger partial charge is 0.267 e. The molecule has 0 unspecified atom stereocenters. The molecule has 0 saturated heterocycles. The molecule has 1 saturated carbocycles. The Morgan fingerprint density at radius 3 is 2.45 bits per heavy atom. The number of anilines is 2. The number of pyridine rings is 1. The molecule has 5 aromatic rings. The van der Waals surface area contributed by atoms with E-state index in [1.165, 1.54) is 29.7 Å². The van der Waals surface area contributed by atoms with Crippen molar-refractivity contribution in [1.82, 2.24) is 19.9 Å². The van der Waals surface area contributed by atoms with E-state index in [0.29, 0.717) is 21.5 Å². The first kappa shape index (κ1) is 25.9. The van der Waals surface area contributed by atoms with Gasteiger partial charge in [0.2, 0.25) is 5.95 Å². The number of nitrogens with one attached hydrogen (secondary N) is 1. The fraction of sp³-hybridized carbons (Fsp3) is 0.111. The SMILES string of the molecule is Nc1nccc(-c2sc(-c3cncc(C4CC4)c3)nc2-c2cccc(NS(=O)(=O)c3c(F)cccc3F)c2F)n1. The first-order valence-electron chi connectivity index (χ1n) is 12.0. The first-order chi connectivity index (χ1) is 19.2. The van der Waals surface area contributed by atoms with Crippen LogP contribution in [0.1, 0.15) is 24.3 Å². The van der Waals surface area contributed by atoms with E-state index in [-0.39, 0.29) is 17.2 Å². The maximum atomic E-state index is 16.0. The van der Waals surface area contributed by atoms with Gasteiger partial charge in [0.1, 0.15) is 16.6 Å². The van der Waals surface area contributed by atoms with Gasteiger partial charge in [-0.2, -0.15) is 0 Å². The number of hydrogen-bond donors (Lipinski definition) is 2. The van der Waals surface area contributed by atoms with Crippen molar-refractivity contribution in [1.29, 1.82) is 0 Å². The lowest BCUT2D eigenvalue weighted by Gasteiger charge is -2.12. The molecule has 3 heterocycles. The summed E-state index contributed by atoms with van der Waals surface area (Å²) in [5.41, 5.74) is 7.61. The zero-order valence-electron chi connectivity index (χ0n) is 20.5. The second-order valence-electron chi connectivity index (χ2n) is 9.10. The highest BCUT2D eigenvalue weighted by Gasteiger charge is 2.28. The monoisotopic (exact) mass is 580 g/mol. The Morgan fingerprint density at radius 2 is 1.73 bits per heavy atom. The van der Waals surface area contributed by atoms with Gasteiger partial charge in [-0.1, -0.05) is 12.1 Å². The van der Waals surface area contributed by atoms with Gasteiger partial charge in [-0.3, -0.25) is 9.71 Å². The van der Waals surface area contributed by atoms with Gasteiger partial charge in [0.05, 0.1) is 22.0 Å². The number of nitrogens with zero attached hydrogens (tertiary/aromatic N) is 4. The van der Waals surface area contributed by atoms with Gasteiger partial charge in [-0.15, -0.1) is 11.3 Å². The van der Waals surface area contributed by atoms with Crippen LogP contribution < -0.4 is 10.5 Å². The van der Waals surface area contributed by atoms with Crippen molar-refractivity contribution in [2.45, 2.75) is 23.7 Å². The van der Waals surface area contributed by atoms with Crippen molar-refractivity contribution < 1.29 is 21.6 Å². The molecule has 3 aromatic heterocycles. The highest BCUT2D eigenvalue weighted by Crippen LogP contribution is 2.44. The van der Waals surface area contributed by atoms with E-state index in [0.717, 1.165) is 48.2 Å². The van der Waals surface area contributed by atoms with E-state index in [1.54, 1.807) is 12.3 Å². The molecule has 13 heteroatoms. The molecule has 1 fully saturated rings. The predicted molar refractivity (Wildman–Crippen MR) is 145 cm³/mol. The molecule has 0 aliphatic heterocycles. The molecular weight excluding hydrogens is 561 g/mol. The van der Waals surface area contributed by atoms with Crippen LogP contribution in [-0.2, 0) is 10.0 Å². The predicted octanol–water partition coefficient (Wildman–Crippen LogP) is 6.01. The summed E-state index contributed by atoms with van der Waals surface area (Å²) >= 11 is 1.24. The van der Waals surface area contributed by atoms with Crippen molar-refractivity contribution in [2.75, 3.05) is 10.5 Å². The van der Waals surface area contributed by atoms with Crippen molar-refractivity contribution in [3.63, 3.8) is 0 Å². The second-order valence-corrected chi connectivity index (χ2v) is 11.7. The highest BCUT2D eigenvalue weighted by atomic mass is 32.2. The maximum absolute atomic E-state index is 16.0. The zero-order chi connectivity index (χ0) is 28.0. The first-order valence-corrected chi connectivity index (χ1v) is 14.3. The molecule has 0 atom stereocenters. The lowest BCUT2D eigenvalue weighted by molar-refractivity contribution is 0.521. The number of rotatable bonds is 7. The third-order valence-electron chi connectivity index (χ3n) is 6.27. The van der Waals surface area contributed by atoms with Crippen LogP contribution in [-0.4, -0.2) is 28.4 Å². The summed E-state index contributed by atoms with van der Waals surface area (Å²) in [5.74, 6) is -3.15. The van der Waals surface area contributed by atoms with Gasteiger partial charge < -0.3 is 5.73 Å². The van der Waals surface area contributed by atoms with E-state index >= 15 is 4.39 Å². The Kier molecular flexibility index (Phi) is 6.47. The molecule has 0 radical (unpaired) electrons. The summed E-state index contributed by atoms with van der Waals surface area (Å²) in [6.45, 7) is 0. The third kappa shape index (κ3) is 4.89. The molecule has 0 bridgehead atoms. The number of nitrogen functional groups attached to an aromatic ring is 1. The number of aromatic nitrogens is 4. The van der Waals surface area contributed by atoms with Crippen LogP contribution in [0.25, 0.3) is 32.4 Å². The minimum Gasteiger partial charge on any atom is -0.368 e. The van der Waals surface area contributed by atoms with Gasteiger partial charge in [-0.05, 0) is 60.7 Å². The third-order valence-corrected chi connectivity index (χ3v) is 8.82. The van der Waals surface area contributed by atoms with E-state index in [9.17, 15) is 17.2 Å². The molecule has 1 aliphatic rings. The molecule has 2 aromatic carbocycles. The summed E-state index contributed by atoms with van der Waals surface area (Å²) in [6, 6.07) is 10.2. The van der Waals surface area contributed by atoms with E-state index in [2.05, 4.69) is 15.0 Å². The van der Waals surface area contributed by atoms with Gasteiger partial charge in [0.15, 0.2) is 10.7 Å². The van der Waals surface area contributed by atoms with Crippen molar-refractivity contribution >= 4 is 33.0 Å². The fourth-order valence-electron chi connectivity index (χ4n) is 4.24. The van der Waals surface area contributed by atoms with E-state index in [4.69, 9.17) is 10.7 Å². The van der Waals surface area contributed by atoms with Crippen LogP contribution in [0.5, 0.6) is 0 Å². The summed E-state index contributed by atoms with van der Waals surface area (Å²) in [5, 5.41) is 0.538. The van der Waals surface area contributed by atoms with Gasteiger partial charge in [0.25, 0.3) is 10.0 Å². The zero-order valence-corrected chi connectivity index (χ0v) is 22.1. The number of nitrogens with two attached hydrogens (primary N) is 1. The summed E-state index contributed by atoms with van der Waals surface area (Å²) in [6.07, 6.45) is 7.11. The lowest BCUT2D eigenvalue weighted by Crippen LogP contribution is -2.17. The Morgan fingerprint density at radius 1 is 0.975 bits per heavy atom. The molecule has 0 amide bonds. The van der Waals surface area contributed by atoms with Gasteiger partial charge in [0, 0.05) is 29.7 Å². The van der Waals surface area contributed by atoms with Gasteiger partial charge in [-0.25, -0.2) is 36.5 Å². The molecular formula is C27H19F3N6O2S2. The Bertz CT molecular complexity index is 1860. The van der Waals surface area contributed by atoms with Crippen LogP contribution in [0, 0.1) is 17.5 Å². The normalized spacial score (nSPS) is 13.4. The van der Waals surface area contributed by atoms with Crippen molar-refractivity contribution in [3.8, 4) is 32.4 Å². The number of thiazole rings is 1. The number of hydrogen-bond acceptors (Lipinski definition) is 8. The molecule has 40 heavy (non-hydrogen) atoms. The summed E-state index contributed by atoms with van der Waals surface area (Å²) < 4.78 is 72.0. The Balaban J connectivity index is 1.47. The van der Waals surface area contributed by atoms with Crippen molar-refractivity contribution in [2.24, 2.45) is 0 Å². The van der Waals surface area contributed by atoms with E-state index < -0.39 is 38.1 Å². The number of halogens is 3. The lowest BCUT2D eigenvalue weighted by atomic mass is 10.1. The minimum atomic E-state index is -4.81. The molecule has 0 spiro atoms. The standard InChI is InChI=1S/C27H19F3N6O2S2/c28-18-4-2-5-19(29)25(18)40(37,38)36-20-6-1-3-17(22(20)30)23-24(21-9-10-33-27(31)34-21)39-26(35-23)16-11-15(12-32-13-16)14-7-8-14/h1-6,9-14,36H,7-8H2,(H2,31,33,34). The molecule has 3 N–H and O–H groups in total. The largest absolute Gasteiger partial charge is 0.368 e. The number of benzene rings is 2. The Labute approximate surface area is 230 Å². The molecule has 202 valence electrons. The topological polar surface area (TPSA) is 124 Å².